The number of aryl methyl sites for hydroxylation is 1. The summed E-state index contributed by atoms with van der Waals surface area (Å²) in [6.45, 7) is 4.22. The Hall–Kier alpha value is -1.06. The number of nitrogens with one attached hydrogen (secondary N) is 1. The standard InChI is InChI=1S/C12H13ClN2S/c1-8-6-16-7-11(8)15-9(2)10-3-4-12(13)14-5-10/h3-7,9,15H,1-2H3. The van der Waals surface area contributed by atoms with Gasteiger partial charge in [0.15, 0.2) is 0 Å². The van der Waals surface area contributed by atoms with Gasteiger partial charge < -0.3 is 5.32 Å². The quantitative estimate of drug-likeness (QED) is 0.825. The number of pyridine rings is 1. The lowest BCUT2D eigenvalue weighted by Gasteiger charge is -2.15. The van der Waals surface area contributed by atoms with Gasteiger partial charge in [-0.15, -0.1) is 11.3 Å². The molecule has 2 aromatic heterocycles. The van der Waals surface area contributed by atoms with Crippen molar-refractivity contribution in [2.45, 2.75) is 19.9 Å². The van der Waals surface area contributed by atoms with Crippen molar-refractivity contribution in [3.63, 3.8) is 0 Å². The monoisotopic (exact) mass is 252 g/mol. The van der Waals surface area contributed by atoms with Gasteiger partial charge in [-0.25, -0.2) is 4.98 Å². The summed E-state index contributed by atoms with van der Waals surface area (Å²) in [6.07, 6.45) is 1.81. The summed E-state index contributed by atoms with van der Waals surface area (Å²) in [6, 6.07) is 4.04. The van der Waals surface area contributed by atoms with Crippen LogP contribution < -0.4 is 5.32 Å². The third-order valence-electron chi connectivity index (χ3n) is 2.48. The van der Waals surface area contributed by atoms with Crippen molar-refractivity contribution in [2.24, 2.45) is 0 Å². The molecule has 2 nitrogen and oxygen atoms in total. The zero-order chi connectivity index (χ0) is 11.5. The number of halogens is 1. The van der Waals surface area contributed by atoms with Crippen LogP contribution in [0.2, 0.25) is 5.15 Å². The minimum atomic E-state index is 0.234. The molecule has 0 saturated carbocycles. The van der Waals surface area contributed by atoms with E-state index in [-0.39, 0.29) is 6.04 Å². The molecule has 1 unspecified atom stereocenters. The Bertz CT molecular complexity index is 464. The summed E-state index contributed by atoms with van der Waals surface area (Å²) < 4.78 is 0. The smallest absolute Gasteiger partial charge is 0.129 e. The minimum absolute atomic E-state index is 0.234. The first-order chi connectivity index (χ1) is 7.66. The van der Waals surface area contributed by atoms with Crippen LogP contribution in [-0.2, 0) is 0 Å². The Morgan fingerprint density at radius 1 is 1.38 bits per heavy atom. The van der Waals surface area contributed by atoms with Gasteiger partial charge in [-0.3, -0.25) is 0 Å². The first kappa shape index (κ1) is 11.4. The van der Waals surface area contributed by atoms with Crippen LogP contribution in [0.25, 0.3) is 0 Å². The van der Waals surface area contributed by atoms with E-state index in [2.05, 4.69) is 34.9 Å². The van der Waals surface area contributed by atoms with E-state index in [1.54, 1.807) is 11.3 Å². The van der Waals surface area contributed by atoms with Crippen molar-refractivity contribution in [2.75, 3.05) is 5.32 Å². The van der Waals surface area contributed by atoms with Crippen LogP contribution in [0.3, 0.4) is 0 Å². The van der Waals surface area contributed by atoms with E-state index in [9.17, 15) is 0 Å². The second kappa shape index (κ2) is 4.85. The van der Waals surface area contributed by atoms with E-state index in [1.807, 2.05) is 18.3 Å². The van der Waals surface area contributed by atoms with Crippen molar-refractivity contribution in [3.05, 3.63) is 45.4 Å². The van der Waals surface area contributed by atoms with Crippen molar-refractivity contribution in [1.82, 2.24) is 4.98 Å². The van der Waals surface area contributed by atoms with E-state index in [0.717, 1.165) is 5.56 Å². The Labute approximate surface area is 104 Å². The number of thiophene rings is 1. The summed E-state index contributed by atoms with van der Waals surface area (Å²) in [5.74, 6) is 0. The summed E-state index contributed by atoms with van der Waals surface area (Å²) in [5.41, 5.74) is 3.60. The lowest BCUT2D eigenvalue weighted by molar-refractivity contribution is 0.875. The lowest BCUT2D eigenvalue weighted by atomic mass is 10.1. The molecule has 0 saturated heterocycles. The van der Waals surface area contributed by atoms with Crippen LogP contribution in [0.15, 0.2) is 29.1 Å². The molecule has 0 amide bonds. The average Bonchev–Trinajstić information content (AvgIpc) is 2.65. The van der Waals surface area contributed by atoms with Crippen molar-refractivity contribution >= 4 is 28.6 Å². The average molecular weight is 253 g/mol. The molecule has 0 spiro atoms. The van der Waals surface area contributed by atoms with Crippen molar-refractivity contribution in [3.8, 4) is 0 Å². The lowest BCUT2D eigenvalue weighted by Crippen LogP contribution is -2.06. The highest BCUT2D eigenvalue weighted by molar-refractivity contribution is 7.08. The van der Waals surface area contributed by atoms with Crippen molar-refractivity contribution < 1.29 is 0 Å². The molecule has 0 aliphatic rings. The third-order valence-corrected chi connectivity index (χ3v) is 3.56. The van der Waals surface area contributed by atoms with Gasteiger partial charge in [-0.2, -0.15) is 0 Å². The maximum Gasteiger partial charge on any atom is 0.129 e. The van der Waals surface area contributed by atoms with Gasteiger partial charge in [0.25, 0.3) is 0 Å². The number of rotatable bonds is 3. The third kappa shape index (κ3) is 2.54. The van der Waals surface area contributed by atoms with Crippen molar-refractivity contribution in [1.29, 1.82) is 0 Å². The molecule has 0 aliphatic heterocycles. The first-order valence-electron chi connectivity index (χ1n) is 5.07. The Morgan fingerprint density at radius 3 is 2.75 bits per heavy atom. The summed E-state index contributed by atoms with van der Waals surface area (Å²) in [4.78, 5) is 4.08. The molecule has 16 heavy (non-hydrogen) atoms. The van der Waals surface area contributed by atoms with Gasteiger partial charge in [-0.1, -0.05) is 17.7 Å². The summed E-state index contributed by atoms with van der Waals surface area (Å²) >= 11 is 7.46. The molecule has 0 fully saturated rings. The zero-order valence-electron chi connectivity index (χ0n) is 9.20. The molecule has 0 aliphatic carbocycles. The Kier molecular flexibility index (Phi) is 3.46. The number of hydrogen-bond donors (Lipinski definition) is 1. The summed E-state index contributed by atoms with van der Waals surface area (Å²) in [7, 11) is 0. The fourth-order valence-corrected chi connectivity index (χ4v) is 2.37. The van der Waals surface area contributed by atoms with Gasteiger partial charge in [0.2, 0.25) is 0 Å². The van der Waals surface area contributed by atoms with Gasteiger partial charge in [0.05, 0.1) is 6.04 Å². The molecule has 0 radical (unpaired) electrons. The topological polar surface area (TPSA) is 24.9 Å². The fraction of sp³-hybridized carbons (Fsp3) is 0.250. The number of anilines is 1. The molecule has 2 heterocycles. The number of hydrogen-bond acceptors (Lipinski definition) is 3. The molecule has 2 rings (SSSR count). The molecule has 2 aromatic rings. The predicted octanol–water partition coefficient (Wildman–Crippen LogP) is 4.28. The van der Waals surface area contributed by atoms with Gasteiger partial charge in [0, 0.05) is 17.3 Å². The second-order valence-electron chi connectivity index (χ2n) is 3.75. The van der Waals surface area contributed by atoms with E-state index in [0.29, 0.717) is 5.15 Å². The Morgan fingerprint density at radius 2 is 2.19 bits per heavy atom. The van der Waals surface area contributed by atoms with Gasteiger partial charge >= 0.3 is 0 Å². The molecular formula is C12H13ClN2S. The fourth-order valence-electron chi connectivity index (χ4n) is 1.47. The molecule has 1 atom stereocenters. The molecule has 4 heteroatoms. The van der Waals surface area contributed by atoms with Crippen LogP contribution in [0.1, 0.15) is 24.1 Å². The number of aromatic nitrogens is 1. The van der Waals surface area contributed by atoms with Crippen LogP contribution in [0.4, 0.5) is 5.69 Å². The summed E-state index contributed by atoms with van der Waals surface area (Å²) in [5, 5.41) is 8.24. The largest absolute Gasteiger partial charge is 0.378 e. The maximum atomic E-state index is 5.75. The molecule has 0 bridgehead atoms. The van der Waals surface area contributed by atoms with E-state index in [1.165, 1.54) is 11.3 Å². The Balaban J connectivity index is 2.11. The second-order valence-corrected chi connectivity index (χ2v) is 4.88. The van der Waals surface area contributed by atoms with Crippen LogP contribution in [0, 0.1) is 6.92 Å². The van der Waals surface area contributed by atoms with Crippen LogP contribution in [-0.4, -0.2) is 4.98 Å². The minimum Gasteiger partial charge on any atom is -0.378 e. The van der Waals surface area contributed by atoms with E-state index in [4.69, 9.17) is 11.6 Å². The molecule has 0 aromatic carbocycles. The normalized spacial score (nSPS) is 12.4. The van der Waals surface area contributed by atoms with E-state index < -0.39 is 0 Å². The van der Waals surface area contributed by atoms with Crippen LogP contribution >= 0.6 is 22.9 Å². The maximum absolute atomic E-state index is 5.75. The zero-order valence-corrected chi connectivity index (χ0v) is 10.8. The number of nitrogens with zero attached hydrogens (tertiary/aromatic N) is 1. The van der Waals surface area contributed by atoms with E-state index >= 15 is 0 Å². The first-order valence-corrected chi connectivity index (χ1v) is 6.39. The predicted molar refractivity (Wildman–Crippen MR) is 70.3 cm³/mol. The highest BCUT2D eigenvalue weighted by Gasteiger charge is 2.07. The van der Waals surface area contributed by atoms with Gasteiger partial charge in [-0.05, 0) is 36.4 Å². The highest BCUT2D eigenvalue weighted by Crippen LogP contribution is 2.25. The molecule has 1 N–H and O–H groups in total. The van der Waals surface area contributed by atoms with Crippen LogP contribution in [0.5, 0.6) is 0 Å². The van der Waals surface area contributed by atoms with Gasteiger partial charge in [0.1, 0.15) is 5.15 Å². The molecular weight excluding hydrogens is 240 g/mol. The SMILES string of the molecule is Cc1cscc1NC(C)c1ccc(Cl)nc1. The highest BCUT2D eigenvalue weighted by atomic mass is 35.5. The molecule has 84 valence electrons.